The van der Waals surface area contributed by atoms with Crippen molar-refractivity contribution in [1.29, 1.82) is 0 Å². The fourth-order valence-electron chi connectivity index (χ4n) is 3.92. The maximum atomic E-state index is 11.0. The lowest BCUT2D eigenvalue weighted by Crippen LogP contribution is -2.08. The van der Waals surface area contributed by atoms with Gasteiger partial charge in [0.1, 0.15) is 11.5 Å². The molecule has 0 aromatic heterocycles. The summed E-state index contributed by atoms with van der Waals surface area (Å²) in [5, 5.41) is 11.0. The minimum absolute atomic E-state index is 0.409. The van der Waals surface area contributed by atoms with E-state index in [1.165, 1.54) is 17.5 Å². The Kier molecular flexibility index (Phi) is 4.34. The molecule has 1 N–H and O–H groups in total. The summed E-state index contributed by atoms with van der Waals surface area (Å²) in [5.74, 6) is 1.84. The normalized spacial score (nSPS) is 14.0. The number of rotatable bonds is 3. The summed E-state index contributed by atoms with van der Waals surface area (Å²) in [6.07, 6.45) is 4.25. The number of ether oxygens (including phenoxy) is 1. The Bertz CT molecular complexity index is 706. The van der Waals surface area contributed by atoms with Crippen LogP contribution >= 0.6 is 0 Å². The number of benzene rings is 2. The van der Waals surface area contributed by atoms with E-state index in [-0.39, 0.29) is 0 Å². The van der Waals surface area contributed by atoms with Gasteiger partial charge in [-0.2, -0.15) is 0 Å². The van der Waals surface area contributed by atoms with E-state index in [1.807, 2.05) is 6.07 Å². The highest BCUT2D eigenvalue weighted by molar-refractivity contribution is 5.81. The molecule has 0 atom stereocenters. The smallest absolute Gasteiger partial charge is 0.127 e. The van der Waals surface area contributed by atoms with Crippen LogP contribution in [0, 0.1) is 6.92 Å². The summed E-state index contributed by atoms with van der Waals surface area (Å²) in [4.78, 5) is 0. The molecule has 23 heavy (non-hydrogen) atoms. The molecule has 0 aliphatic heterocycles. The second-order valence-corrected chi connectivity index (χ2v) is 6.79. The monoisotopic (exact) mass is 310 g/mol. The average molecular weight is 310 g/mol. The number of phenols is 1. The van der Waals surface area contributed by atoms with Crippen LogP contribution in [0.4, 0.5) is 0 Å². The van der Waals surface area contributed by atoms with Crippen LogP contribution in [0.5, 0.6) is 11.5 Å². The number of methoxy groups -OCH3 is 1. The molecule has 0 spiro atoms. The number of phenolic OH excluding ortho intramolecular Hbond substituents is 1. The number of hydrogen-bond donors (Lipinski definition) is 1. The third-order valence-electron chi connectivity index (χ3n) is 5.04. The van der Waals surface area contributed by atoms with Crippen LogP contribution in [-0.2, 0) is 12.8 Å². The third kappa shape index (κ3) is 2.60. The van der Waals surface area contributed by atoms with Crippen LogP contribution in [0.15, 0.2) is 24.3 Å². The summed E-state index contributed by atoms with van der Waals surface area (Å²) >= 11 is 0. The maximum Gasteiger partial charge on any atom is 0.127 e. The first kappa shape index (κ1) is 15.9. The molecule has 0 saturated heterocycles. The molecule has 122 valence electrons. The lowest BCUT2D eigenvalue weighted by Gasteiger charge is -2.26. The van der Waals surface area contributed by atoms with Crippen molar-refractivity contribution in [2.75, 3.05) is 7.11 Å². The number of aromatic hydroxyl groups is 1. The summed E-state index contributed by atoms with van der Waals surface area (Å²) in [6, 6.07) is 8.39. The Morgan fingerprint density at radius 3 is 2.35 bits per heavy atom. The molecular weight excluding hydrogens is 284 g/mol. The zero-order valence-electron chi connectivity index (χ0n) is 14.6. The molecule has 3 rings (SSSR count). The second-order valence-electron chi connectivity index (χ2n) is 6.79. The predicted molar refractivity (Wildman–Crippen MR) is 95.6 cm³/mol. The zero-order chi connectivity index (χ0) is 16.6. The average Bonchev–Trinajstić information content (AvgIpc) is 2.56. The van der Waals surface area contributed by atoms with Crippen molar-refractivity contribution >= 4 is 0 Å². The van der Waals surface area contributed by atoms with Gasteiger partial charge >= 0.3 is 0 Å². The summed E-state index contributed by atoms with van der Waals surface area (Å²) in [5.41, 5.74) is 6.70. The zero-order valence-corrected chi connectivity index (χ0v) is 14.6. The van der Waals surface area contributed by atoms with Crippen LogP contribution in [0.1, 0.15) is 54.9 Å². The quantitative estimate of drug-likeness (QED) is 0.825. The van der Waals surface area contributed by atoms with Crippen molar-refractivity contribution in [3.05, 3.63) is 46.5 Å². The van der Waals surface area contributed by atoms with Crippen LogP contribution in [0.2, 0.25) is 0 Å². The molecule has 0 radical (unpaired) electrons. The molecule has 1 aliphatic rings. The molecule has 2 aromatic carbocycles. The van der Waals surface area contributed by atoms with E-state index in [1.54, 1.807) is 7.11 Å². The molecule has 0 fully saturated rings. The van der Waals surface area contributed by atoms with E-state index in [4.69, 9.17) is 4.74 Å². The molecule has 0 saturated carbocycles. The van der Waals surface area contributed by atoms with Gasteiger partial charge in [-0.25, -0.2) is 0 Å². The van der Waals surface area contributed by atoms with Gasteiger partial charge in [-0.3, -0.25) is 0 Å². The third-order valence-corrected chi connectivity index (χ3v) is 5.04. The molecule has 0 bridgehead atoms. The number of hydrogen-bond acceptors (Lipinski definition) is 2. The Hall–Kier alpha value is -1.96. The topological polar surface area (TPSA) is 29.5 Å². The molecule has 2 nitrogen and oxygen atoms in total. The molecular formula is C21H26O2. The van der Waals surface area contributed by atoms with Crippen molar-refractivity contribution < 1.29 is 9.84 Å². The van der Waals surface area contributed by atoms with Gasteiger partial charge in [0.25, 0.3) is 0 Å². The van der Waals surface area contributed by atoms with Gasteiger partial charge in [-0.15, -0.1) is 0 Å². The first-order valence-corrected chi connectivity index (χ1v) is 8.56. The first-order valence-electron chi connectivity index (χ1n) is 8.56. The fraction of sp³-hybridized carbons (Fsp3) is 0.429. The second kappa shape index (κ2) is 6.27. The Morgan fingerprint density at radius 2 is 1.70 bits per heavy atom. The van der Waals surface area contributed by atoms with Crippen molar-refractivity contribution in [2.45, 2.75) is 52.4 Å². The highest BCUT2D eigenvalue weighted by atomic mass is 16.5. The van der Waals surface area contributed by atoms with Crippen molar-refractivity contribution in [3.8, 4) is 22.6 Å². The van der Waals surface area contributed by atoms with Gasteiger partial charge in [0.2, 0.25) is 0 Å². The summed E-state index contributed by atoms with van der Waals surface area (Å²) < 4.78 is 5.75. The van der Waals surface area contributed by atoms with Crippen LogP contribution in [-0.4, -0.2) is 12.2 Å². The van der Waals surface area contributed by atoms with E-state index >= 15 is 0 Å². The highest BCUT2D eigenvalue weighted by Gasteiger charge is 2.26. The van der Waals surface area contributed by atoms with Gasteiger partial charge < -0.3 is 9.84 Å². The van der Waals surface area contributed by atoms with Crippen molar-refractivity contribution in [1.82, 2.24) is 0 Å². The largest absolute Gasteiger partial charge is 0.507 e. The van der Waals surface area contributed by atoms with Crippen LogP contribution in [0.3, 0.4) is 0 Å². The lowest BCUT2D eigenvalue weighted by molar-refractivity contribution is 0.398. The van der Waals surface area contributed by atoms with Gasteiger partial charge in [-0.1, -0.05) is 38.1 Å². The summed E-state index contributed by atoms with van der Waals surface area (Å²) in [6.45, 7) is 6.46. The minimum atomic E-state index is 0.409. The van der Waals surface area contributed by atoms with Gasteiger partial charge in [0.05, 0.1) is 7.11 Å². The maximum absolute atomic E-state index is 11.0. The van der Waals surface area contributed by atoms with E-state index in [9.17, 15) is 5.11 Å². The number of fused-ring (bicyclic) bond motifs is 1. The van der Waals surface area contributed by atoms with E-state index in [0.29, 0.717) is 11.7 Å². The highest BCUT2D eigenvalue weighted by Crippen LogP contribution is 2.47. The Balaban J connectivity index is 2.33. The van der Waals surface area contributed by atoms with Crippen LogP contribution in [0.25, 0.3) is 11.1 Å². The van der Waals surface area contributed by atoms with E-state index in [0.717, 1.165) is 47.3 Å². The molecule has 0 amide bonds. The SMILES string of the molecule is COc1c(C)c(-c2ccccc2C(C)C)c(O)c2c1CCCC2. The van der Waals surface area contributed by atoms with E-state index in [2.05, 4.69) is 39.0 Å². The summed E-state index contributed by atoms with van der Waals surface area (Å²) in [7, 11) is 1.74. The van der Waals surface area contributed by atoms with Crippen molar-refractivity contribution in [3.63, 3.8) is 0 Å². The van der Waals surface area contributed by atoms with Crippen molar-refractivity contribution in [2.24, 2.45) is 0 Å². The molecule has 2 aromatic rings. The molecule has 0 heterocycles. The Morgan fingerprint density at radius 1 is 1.04 bits per heavy atom. The standard InChI is InChI=1S/C21H26O2/c1-13(2)15-9-5-6-10-16(15)19-14(3)21(23-4)18-12-8-7-11-17(18)20(19)22/h5-6,9-10,13,22H,7-8,11-12H2,1-4H3. The van der Waals surface area contributed by atoms with E-state index < -0.39 is 0 Å². The predicted octanol–water partition coefficient (Wildman–Crippen LogP) is 5.38. The lowest BCUT2D eigenvalue weighted by atomic mass is 9.82. The molecule has 0 unspecified atom stereocenters. The minimum Gasteiger partial charge on any atom is -0.507 e. The van der Waals surface area contributed by atoms with Gasteiger partial charge in [0, 0.05) is 22.3 Å². The van der Waals surface area contributed by atoms with Crippen LogP contribution < -0.4 is 4.74 Å². The first-order chi connectivity index (χ1) is 11.1. The Labute approximate surface area is 139 Å². The molecule has 1 aliphatic carbocycles. The van der Waals surface area contributed by atoms with Gasteiger partial charge in [-0.05, 0) is 49.7 Å². The van der Waals surface area contributed by atoms with Gasteiger partial charge in [0.15, 0.2) is 0 Å². The fourth-order valence-corrected chi connectivity index (χ4v) is 3.92. The molecule has 2 heteroatoms.